The lowest BCUT2D eigenvalue weighted by Crippen LogP contribution is -2.60. The smallest absolute Gasteiger partial charge is 0.136 e. The van der Waals surface area contributed by atoms with Crippen molar-refractivity contribution in [1.29, 1.82) is 0 Å². The van der Waals surface area contributed by atoms with Crippen LogP contribution >= 0.6 is 0 Å². The highest BCUT2D eigenvalue weighted by Crippen LogP contribution is 2.55. The van der Waals surface area contributed by atoms with Crippen LogP contribution in [0.2, 0.25) is 0 Å². The maximum absolute atomic E-state index is 12.5. The van der Waals surface area contributed by atoms with E-state index in [1.54, 1.807) is 0 Å². The molecule has 0 unspecified atom stereocenters. The Kier molecular flexibility index (Phi) is 5.24. The van der Waals surface area contributed by atoms with Gasteiger partial charge in [0.05, 0.1) is 0 Å². The minimum atomic E-state index is 0.133. The van der Waals surface area contributed by atoms with Gasteiger partial charge in [-0.3, -0.25) is 10.1 Å². The standard InChI is InChI=1S/C23H40N2O/c1-22(2,3)14-21(26)19-4-6-20(7-5-19)24-15-25-23-11-16-8-17(12-23)10-18(9-16)13-23/h16-20,24-25H,4-15H2,1-3H3. The summed E-state index contributed by atoms with van der Waals surface area (Å²) in [5.41, 5.74) is 0.593. The van der Waals surface area contributed by atoms with Crippen molar-refractivity contribution in [3.05, 3.63) is 0 Å². The van der Waals surface area contributed by atoms with Gasteiger partial charge >= 0.3 is 0 Å². The highest BCUT2D eigenvalue weighted by Gasteiger charge is 2.50. The predicted molar refractivity (Wildman–Crippen MR) is 107 cm³/mol. The number of nitrogens with one attached hydrogen (secondary N) is 2. The number of rotatable bonds is 6. The molecule has 0 aromatic rings. The third-order valence-electron chi connectivity index (χ3n) is 7.78. The molecule has 4 bridgehead atoms. The number of ketones is 1. The molecule has 5 aliphatic rings. The van der Waals surface area contributed by atoms with Gasteiger partial charge in [0.2, 0.25) is 0 Å². The van der Waals surface area contributed by atoms with E-state index in [4.69, 9.17) is 0 Å². The first-order valence-electron chi connectivity index (χ1n) is 11.3. The predicted octanol–water partition coefficient (Wildman–Crippen LogP) is 4.66. The average Bonchev–Trinajstić information content (AvgIpc) is 2.52. The van der Waals surface area contributed by atoms with Crippen molar-refractivity contribution in [2.45, 2.75) is 103 Å². The molecular weight excluding hydrogens is 320 g/mol. The van der Waals surface area contributed by atoms with Crippen molar-refractivity contribution in [1.82, 2.24) is 10.6 Å². The molecule has 2 N–H and O–H groups in total. The minimum Gasteiger partial charge on any atom is -0.302 e. The van der Waals surface area contributed by atoms with E-state index in [1.807, 2.05) is 0 Å². The second kappa shape index (κ2) is 7.20. The normalized spacial score (nSPS) is 42.2. The zero-order valence-corrected chi connectivity index (χ0v) is 17.3. The molecule has 26 heavy (non-hydrogen) atoms. The van der Waals surface area contributed by atoms with Gasteiger partial charge in [0.25, 0.3) is 0 Å². The van der Waals surface area contributed by atoms with Crippen LogP contribution in [-0.4, -0.2) is 24.0 Å². The summed E-state index contributed by atoms with van der Waals surface area (Å²) in [6, 6.07) is 0.607. The molecule has 0 aromatic carbocycles. The zero-order valence-electron chi connectivity index (χ0n) is 17.3. The minimum absolute atomic E-state index is 0.133. The molecule has 5 fully saturated rings. The number of carbonyl (C=O) groups is 1. The highest BCUT2D eigenvalue weighted by atomic mass is 16.1. The molecular formula is C23H40N2O. The fourth-order valence-corrected chi connectivity index (χ4v) is 7.00. The molecule has 0 spiro atoms. The SMILES string of the molecule is CC(C)(C)CC(=O)C1CCC(NCNC23CC4CC(CC(C4)C2)C3)CC1. The van der Waals surface area contributed by atoms with Crippen LogP contribution in [0.1, 0.15) is 91.4 Å². The second-order valence-corrected chi connectivity index (χ2v) is 11.5. The molecule has 148 valence electrons. The van der Waals surface area contributed by atoms with Gasteiger partial charge in [0.15, 0.2) is 0 Å². The zero-order chi connectivity index (χ0) is 18.4. The van der Waals surface area contributed by atoms with E-state index in [0.717, 1.165) is 43.7 Å². The van der Waals surface area contributed by atoms with E-state index < -0.39 is 0 Å². The Labute approximate surface area is 160 Å². The first kappa shape index (κ1) is 18.9. The molecule has 5 saturated carbocycles. The van der Waals surface area contributed by atoms with Crippen LogP contribution in [0.25, 0.3) is 0 Å². The van der Waals surface area contributed by atoms with E-state index in [9.17, 15) is 4.79 Å². The Morgan fingerprint density at radius 3 is 1.96 bits per heavy atom. The van der Waals surface area contributed by atoms with E-state index in [2.05, 4.69) is 31.4 Å². The van der Waals surface area contributed by atoms with Crippen molar-refractivity contribution < 1.29 is 4.79 Å². The van der Waals surface area contributed by atoms with Crippen LogP contribution in [0.15, 0.2) is 0 Å². The maximum Gasteiger partial charge on any atom is 0.136 e. The van der Waals surface area contributed by atoms with Crippen molar-refractivity contribution >= 4 is 5.78 Å². The van der Waals surface area contributed by atoms with Gasteiger partial charge < -0.3 is 5.32 Å². The third kappa shape index (κ3) is 4.35. The fourth-order valence-electron chi connectivity index (χ4n) is 7.00. The van der Waals surface area contributed by atoms with Gasteiger partial charge in [-0.25, -0.2) is 0 Å². The lowest BCUT2D eigenvalue weighted by atomic mass is 9.53. The number of hydrogen-bond acceptors (Lipinski definition) is 3. The summed E-state index contributed by atoms with van der Waals surface area (Å²) in [4.78, 5) is 12.5. The van der Waals surface area contributed by atoms with Gasteiger partial charge in [0, 0.05) is 30.6 Å². The van der Waals surface area contributed by atoms with Crippen LogP contribution in [0.4, 0.5) is 0 Å². The monoisotopic (exact) mass is 360 g/mol. The number of carbonyl (C=O) groups excluding carboxylic acids is 1. The molecule has 0 radical (unpaired) electrons. The van der Waals surface area contributed by atoms with Crippen LogP contribution < -0.4 is 10.6 Å². The van der Waals surface area contributed by atoms with E-state index in [-0.39, 0.29) is 5.41 Å². The van der Waals surface area contributed by atoms with Gasteiger partial charge in [-0.1, -0.05) is 20.8 Å². The van der Waals surface area contributed by atoms with E-state index in [1.165, 1.54) is 51.4 Å². The average molecular weight is 361 g/mol. The Morgan fingerprint density at radius 1 is 0.923 bits per heavy atom. The molecule has 0 heterocycles. The van der Waals surface area contributed by atoms with Crippen molar-refractivity contribution in [3.63, 3.8) is 0 Å². The third-order valence-corrected chi connectivity index (χ3v) is 7.78. The van der Waals surface area contributed by atoms with Gasteiger partial charge in [-0.15, -0.1) is 0 Å². The summed E-state index contributed by atoms with van der Waals surface area (Å²) in [7, 11) is 0. The second-order valence-electron chi connectivity index (χ2n) is 11.5. The molecule has 0 atom stereocenters. The molecule has 3 heteroatoms. The molecule has 0 aromatic heterocycles. The molecule has 0 saturated heterocycles. The van der Waals surface area contributed by atoms with Gasteiger partial charge in [-0.2, -0.15) is 0 Å². The summed E-state index contributed by atoms with van der Waals surface area (Å²) < 4.78 is 0. The Morgan fingerprint density at radius 2 is 1.46 bits per heavy atom. The lowest BCUT2D eigenvalue weighted by Gasteiger charge is -2.57. The molecule has 0 amide bonds. The largest absolute Gasteiger partial charge is 0.302 e. The van der Waals surface area contributed by atoms with Crippen molar-refractivity contribution in [2.24, 2.45) is 29.1 Å². The van der Waals surface area contributed by atoms with Crippen LogP contribution in [0.3, 0.4) is 0 Å². The number of hydrogen-bond donors (Lipinski definition) is 2. The van der Waals surface area contributed by atoms with Crippen molar-refractivity contribution in [2.75, 3.05) is 6.67 Å². The van der Waals surface area contributed by atoms with Crippen LogP contribution in [-0.2, 0) is 4.79 Å². The first-order chi connectivity index (χ1) is 12.3. The first-order valence-corrected chi connectivity index (χ1v) is 11.3. The van der Waals surface area contributed by atoms with Crippen LogP contribution in [0.5, 0.6) is 0 Å². The fraction of sp³-hybridized carbons (Fsp3) is 0.957. The summed E-state index contributed by atoms with van der Waals surface area (Å²) in [5, 5.41) is 7.74. The Hall–Kier alpha value is -0.410. The summed E-state index contributed by atoms with van der Waals surface area (Å²) >= 11 is 0. The van der Waals surface area contributed by atoms with Gasteiger partial charge in [0.1, 0.15) is 5.78 Å². The highest BCUT2D eigenvalue weighted by molar-refractivity contribution is 5.81. The number of Topliss-reactive ketones (excluding diaryl/α,β-unsaturated/α-hetero) is 1. The van der Waals surface area contributed by atoms with Crippen molar-refractivity contribution in [3.8, 4) is 0 Å². The molecule has 3 nitrogen and oxygen atoms in total. The Bertz CT molecular complexity index is 478. The van der Waals surface area contributed by atoms with E-state index in [0.29, 0.717) is 23.3 Å². The summed E-state index contributed by atoms with van der Waals surface area (Å²) in [6.07, 6.45) is 14.1. The topological polar surface area (TPSA) is 41.1 Å². The quantitative estimate of drug-likeness (QED) is 0.677. The van der Waals surface area contributed by atoms with E-state index >= 15 is 0 Å². The maximum atomic E-state index is 12.5. The molecule has 5 rings (SSSR count). The molecule has 5 aliphatic carbocycles. The van der Waals surface area contributed by atoms with Gasteiger partial charge in [-0.05, 0) is 87.4 Å². The Balaban J connectivity index is 1.18. The lowest BCUT2D eigenvalue weighted by molar-refractivity contribution is -0.125. The summed E-state index contributed by atoms with van der Waals surface area (Å²) in [5.74, 6) is 3.86. The molecule has 0 aliphatic heterocycles. The van der Waals surface area contributed by atoms with Crippen LogP contribution in [0, 0.1) is 29.1 Å². The summed E-state index contributed by atoms with van der Waals surface area (Å²) in [6.45, 7) is 7.49.